The number of aromatic nitrogens is 3. The summed E-state index contributed by atoms with van der Waals surface area (Å²) in [5.74, 6) is 0. The topological polar surface area (TPSA) is 42.7 Å². The van der Waals surface area contributed by atoms with Crippen LogP contribution < -0.4 is 5.32 Å². The van der Waals surface area contributed by atoms with Crippen LogP contribution in [0.25, 0.3) is 0 Å². The zero-order valence-electron chi connectivity index (χ0n) is 11.7. The number of rotatable bonds is 3. The Balaban J connectivity index is 2.06. The van der Waals surface area contributed by atoms with Crippen LogP contribution in [0.4, 0.5) is 5.69 Å². The molecular weight excluding hydrogens is 304 g/mol. The summed E-state index contributed by atoms with van der Waals surface area (Å²) in [6.07, 6.45) is 1.98. The molecule has 0 unspecified atom stereocenters. The summed E-state index contributed by atoms with van der Waals surface area (Å²) in [5.41, 5.74) is 3.20. The van der Waals surface area contributed by atoms with Gasteiger partial charge in [-0.3, -0.25) is 0 Å². The van der Waals surface area contributed by atoms with E-state index in [0.717, 1.165) is 15.9 Å². The van der Waals surface area contributed by atoms with Gasteiger partial charge in [-0.05, 0) is 61.3 Å². The maximum Gasteiger partial charge on any atom is 0.102 e. The van der Waals surface area contributed by atoms with Crippen molar-refractivity contribution in [2.24, 2.45) is 0 Å². The first-order valence-corrected chi connectivity index (χ1v) is 7.07. The van der Waals surface area contributed by atoms with Gasteiger partial charge in [-0.15, -0.1) is 5.10 Å². The van der Waals surface area contributed by atoms with Crippen molar-refractivity contribution in [3.05, 3.63) is 40.1 Å². The molecule has 0 aliphatic rings. The number of nitrogens with zero attached hydrogens (tertiary/aromatic N) is 3. The van der Waals surface area contributed by atoms with Crippen LogP contribution in [0, 0.1) is 6.92 Å². The van der Waals surface area contributed by atoms with Crippen LogP contribution in [0.5, 0.6) is 0 Å². The second kappa shape index (κ2) is 5.33. The molecule has 1 aromatic heterocycles. The Kier molecular flexibility index (Phi) is 3.94. The summed E-state index contributed by atoms with van der Waals surface area (Å²) in [6.45, 7) is 9.06. The Morgan fingerprint density at radius 2 is 2.05 bits per heavy atom. The summed E-state index contributed by atoms with van der Waals surface area (Å²) in [7, 11) is 0. The number of aryl methyl sites for hydroxylation is 1. The molecule has 0 radical (unpaired) electrons. The van der Waals surface area contributed by atoms with Crippen molar-refractivity contribution >= 4 is 21.6 Å². The van der Waals surface area contributed by atoms with Gasteiger partial charge < -0.3 is 5.32 Å². The summed E-state index contributed by atoms with van der Waals surface area (Å²) in [6, 6.07) is 6.23. The van der Waals surface area contributed by atoms with E-state index in [1.807, 2.05) is 16.9 Å². The molecule has 2 aromatic rings. The molecule has 1 heterocycles. The first kappa shape index (κ1) is 14.1. The maximum absolute atomic E-state index is 4.18. The zero-order valence-corrected chi connectivity index (χ0v) is 13.3. The molecule has 2 rings (SSSR count). The van der Waals surface area contributed by atoms with Crippen LogP contribution in [0.2, 0.25) is 0 Å². The lowest BCUT2D eigenvalue weighted by atomic mass is 10.1. The Hall–Kier alpha value is -1.36. The third-order valence-electron chi connectivity index (χ3n) is 2.81. The van der Waals surface area contributed by atoms with Crippen molar-refractivity contribution in [2.75, 3.05) is 5.32 Å². The van der Waals surface area contributed by atoms with Gasteiger partial charge in [-0.25, -0.2) is 4.68 Å². The van der Waals surface area contributed by atoms with Crippen LogP contribution in [0.3, 0.4) is 0 Å². The summed E-state index contributed by atoms with van der Waals surface area (Å²) in [5, 5.41) is 11.7. The van der Waals surface area contributed by atoms with E-state index in [1.165, 1.54) is 5.56 Å². The minimum Gasteiger partial charge on any atom is -0.378 e. The lowest BCUT2D eigenvalue weighted by Crippen LogP contribution is -2.22. The van der Waals surface area contributed by atoms with Crippen molar-refractivity contribution < 1.29 is 0 Å². The van der Waals surface area contributed by atoms with Crippen molar-refractivity contribution in [3.8, 4) is 0 Å². The minimum atomic E-state index is -0.0326. The SMILES string of the molecule is Cc1ccc(Br)c(NCc2cn(C(C)(C)C)nn2)c1. The molecule has 5 heteroatoms. The fraction of sp³-hybridized carbons (Fsp3) is 0.429. The van der Waals surface area contributed by atoms with E-state index in [-0.39, 0.29) is 5.54 Å². The summed E-state index contributed by atoms with van der Waals surface area (Å²) in [4.78, 5) is 0. The monoisotopic (exact) mass is 322 g/mol. The van der Waals surface area contributed by atoms with Crippen molar-refractivity contribution in [3.63, 3.8) is 0 Å². The smallest absolute Gasteiger partial charge is 0.102 e. The standard InChI is InChI=1S/C14H19BrN4/c1-10-5-6-12(15)13(7-10)16-8-11-9-19(18-17-11)14(2,3)4/h5-7,9,16H,8H2,1-4H3. The maximum atomic E-state index is 4.18. The number of nitrogens with one attached hydrogen (secondary N) is 1. The van der Waals surface area contributed by atoms with Crippen LogP contribution in [0.1, 0.15) is 32.0 Å². The highest BCUT2D eigenvalue weighted by Crippen LogP contribution is 2.23. The molecule has 0 spiro atoms. The van der Waals surface area contributed by atoms with Gasteiger partial charge in [0.15, 0.2) is 0 Å². The van der Waals surface area contributed by atoms with Gasteiger partial charge in [0.25, 0.3) is 0 Å². The highest BCUT2D eigenvalue weighted by atomic mass is 79.9. The van der Waals surface area contributed by atoms with Gasteiger partial charge >= 0.3 is 0 Å². The Bertz CT molecular complexity index is 569. The number of hydrogen-bond acceptors (Lipinski definition) is 3. The molecule has 4 nitrogen and oxygen atoms in total. The van der Waals surface area contributed by atoms with Crippen LogP contribution in [-0.4, -0.2) is 15.0 Å². The van der Waals surface area contributed by atoms with E-state index in [2.05, 4.69) is 71.4 Å². The van der Waals surface area contributed by atoms with E-state index in [4.69, 9.17) is 0 Å². The van der Waals surface area contributed by atoms with Gasteiger partial charge in [0, 0.05) is 10.2 Å². The molecular formula is C14H19BrN4. The molecule has 0 amide bonds. The van der Waals surface area contributed by atoms with Gasteiger partial charge in [0.05, 0.1) is 18.3 Å². The van der Waals surface area contributed by atoms with Crippen molar-refractivity contribution in [1.29, 1.82) is 0 Å². The van der Waals surface area contributed by atoms with E-state index >= 15 is 0 Å². The third kappa shape index (κ3) is 3.56. The van der Waals surface area contributed by atoms with E-state index < -0.39 is 0 Å². The molecule has 0 aliphatic heterocycles. The quantitative estimate of drug-likeness (QED) is 0.936. The Labute approximate surface area is 122 Å². The molecule has 102 valence electrons. The van der Waals surface area contributed by atoms with Gasteiger partial charge in [0.1, 0.15) is 5.69 Å². The Morgan fingerprint density at radius 1 is 1.32 bits per heavy atom. The minimum absolute atomic E-state index is 0.0326. The summed E-state index contributed by atoms with van der Waals surface area (Å²) >= 11 is 3.54. The van der Waals surface area contributed by atoms with E-state index in [0.29, 0.717) is 6.54 Å². The van der Waals surface area contributed by atoms with Crippen molar-refractivity contribution in [1.82, 2.24) is 15.0 Å². The normalized spacial score (nSPS) is 11.6. The second-order valence-electron chi connectivity index (χ2n) is 5.66. The van der Waals surface area contributed by atoms with Crippen LogP contribution in [-0.2, 0) is 12.1 Å². The molecule has 0 bridgehead atoms. The van der Waals surface area contributed by atoms with E-state index in [1.54, 1.807) is 0 Å². The van der Waals surface area contributed by atoms with Crippen LogP contribution >= 0.6 is 15.9 Å². The lowest BCUT2D eigenvalue weighted by Gasteiger charge is -2.17. The lowest BCUT2D eigenvalue weighted by molar-refractivity contribution is 0.347. The number of anilines is 1. The number of hydrogen-bond donors (Lipinski definition) is 1. The first-order valence-electron chi connectivity index (χ1n) is 6.28. The fourth-order valence-electron chi connectivity index (χ4n) is 1.67. The van der Waals surface area contributed by atoms with Crippen molar-refractivity contribution in [2.45, 2.75) is 39.8 Å². The average Bonchev–Trinajstić information content (AvgIpc) is 2.79. The number of halogens is 1. The predicted octanol–water partition coefficient (Wildman–Crippen LogP) is 3.72. The highest BCUT2D eigenvalue weighted by molar-refractivity contribution is 9.10. The second-order valence-corrected chi connectivity index (χ2v) is 6.52. The zero-order chi connectivity index (χ0) is 14.0. The third-order valence-corrected chi connectivity index (χ3v) is 3.50. The molecule has 0 fully saturated rings. The average molecular weight is 323 g/mol. The van der Waals surface area contributed by atoms with Gasteiger partial charge in [0.2, 0.25) is 0 Å². The molecule has 0 atom stereocenters. The molecule has 19 heavy (non-hydrogen) atoms. The molecule has 1 N–H and O–H groups in total. The molecule has 1 aromatic carbocycles. The van der Waals surface area contributed by atoms with Gasteiger partial charge in [-0.2, -0.15) is 0 Å². The highest BCUT2D eigenvalue weighted by Gasteiger charge is 2.14. The number of benzene rings is 1. The summed E-state index contributed by atoms with van der Waals surface area (Å²) < 4.78 is 2.94. The fourth-order valence-corrected chi connectivity index (χ4v) is 2.05. The van der Waals surface area contributed by atoms with Gasteiger partial charge in [-0.1, -0.05) is 11.3 Å². The Morgan fingerprint density at radius 3 is 2.68 bits per heavy atom. The van der Waals surface area contributed by atoms with Crippen LogP contribution in [0.15, 0.2) is 28.9 Å². The first-order chi connectivity index (χ1) is 8.86. The largest absolute Gasteiger partial charge is 0.378 e. The predicted molar refractivity (Wildman–Crippen MR) is 81.2 cm³/mol. The molecule has 0 aliphatic carbocycles. The van der Waals surface area contributed by atoms with E-state index in [9.17, 15) is 0 Å². The molecule has 0 saturated heterocycles. The molecule has 0 saturated carbocycles.